The van der Waals surface area contributed by atoms with Gasteiger partial charge in [0.1, 0.15) is 10.6 Å². The predicted molar refractivity (Wildman–Crippen MR) is 170 cm³/mol. The Morgan fingerprint density at radius 1 is 0.727 bits per heavy atom. The number of ketones is 2. The first kappa shape index (κ1) is 30.1. The zero-order valence-corrected chi connectivity index (χ0v) is 26.6. The summed E-state index contributed by atoms with van der Waals surface area (Å²) in [6.07, 6.45) is 2.97. The number of carbonyl (C=O) groups is 2. The van der Waals surface area contributed by atoms with Gasteiger partial charge in [-0.3, -0.25) is 9.59 Å². The normalized spacial score (nSPS) is 20.0. The number of benzene rings is 3. The Kier molecular flexibility index (Phi) is 7.65. The van der Waals surface area contributed by atoms with Crippen LogP contribution in [-0.2, 0) is 26.1 Å². The van der Waals surface area contributed by atoms with Crippen LogP contribution in [0.5, 0.6) is 5.75 Å². The molecule has 228 valence electrons. The fourth-order valence-corrected chi connectivity index (χ4v) is 7.99. The van der Waals surface area contributed by atoms with Gasteiger partial charge in [-0.05, 0) is 65.5 Å². The molecule has 0 saturated heterocycles. The van der Waals surface area contributed by atoms with Crippen molar-refractivity contribution in [2.45, 2.75) is 70.6 Å². The first-order chi connectivity index (χ1) is 20.8. The van der Waals surface area contributed by atoms with Gasteiger partial charge in [0, 0.05) is 47.8 Å². The van der Waals surface area contributed by atoms with E-state index in [0.29, 0.717) is 48.9 Å². The molecule has 0 atom stereocenters. The molecular weight excluding hydrogens is 570 g/mol. The van der Waals surface area contributed by atoms with Crippen molar-refractivity contribution in [2.75, 3.05) is 6.54 Å². The molecule has 3 aromatic rings. The Bertz CT molecular complexity index is 1730. The van der Waals surface area contributed by atoms with Crippen LogP contribution in [-0.4, -0.2) is 31.4 Å². The zero-order valence-electron chi connectivity index (χ0n) is 25.8. The van der Waals surface area contributed by atoms with Crippen LogP contribution in [0.25, 0.3) is 0 Å². The van der Waals surface area contributed by atoms with Gasteiger partial charge in [-0.2, -0.15) is 8.42 Å². The molecule has 0 aromatic heterocycles. The minimum absolute atomic E-state index is 0.0402. The number of Topliss-reactive ketones (excluding diaryl/α,β-unsaturated/α-hetero) is 2. The van der Waals surface area contributed by atoms with E-state index >= 15 is 0 Å². The predicted octanol–water partition coefficient (Wildman–Crippen LogP) is 7.38. The summed E-state index contributed by atoms with van der Waals surface area (Å²) in [5.74, 6) is -0.353. The van der Waals surface area contributed by atoms with Crippen molar-refractivity contribution in [1.82, 2.24) is 4.90 Å². The summed E-state index contributed by atoms with van der Waals surface area (Å²) in [6, 6.07) is 25.2. The minimum Gasteiger partial charge on any atom is -0.379 e. The summed E-state index contributed by atoms with van der Waals surface area (Å²) in [4.78, 5) is 30.6. The van der Waals surface area contributed by atoms with Crippen LogP contribution in [0, 0.1) is 10.8 Å². The molecule has 3 aromatic carbocycles. The van der Waals surface area contributed by atoms with Crippen molar-refractivity contribution < 1.29 is 22.2 Å². The van der Waals surface area contributed by atoms with Crippen molar-refractivity contribution in [2.24, 2.45) is 10.8 Å². The largest absolute Gasteiger partial charge is 0.379 e. The quantitative estimate of drug-likeness (QED) is 0.260. The second kappa shape index (κ2) is 11.2. The van der Waals surface area contributed by atoms with E-state index in [1.807, 2.05) is 24.3 Å². The van der Waals surface area contributed by atoms with Crippen LogP contribution >= 0.6 is 0 Å². The first-order valence-corrected chi connectivity index (χ1v) is 16.7. The average Bonchev–Trinajstić information content (AvgIpc) is 2.95. The fourth-order valence-electron chi connectivity index (χ4n) is 7.04. The molecule has 0 fully saturated rings. The van der Waals surface area contributed by atoms with E-state index in [2.05, 4.69) is 44.7 Å². The Labute approximate surface area is 260 Å². The van der Waals surface area contributed by atoms with Crippen LogP contribution in [0.15, 0.2) is 112 Å². The van der Waals surface area contributed by atoms with Crippen molar-refractivity contribution in [1.29, 1.82) is 0 Å². The smallest absolute Gasteiger partial charge is 0.339 e. The summed E-state index contributed by atoms with van der Waals surface area (Å²) in [5.41, 5.74) is 4.72. The van der Waals surface area contributed by atoms with E-state index in [9.17, 15) is 18.0 Å². The van der Waals surface area contributed by atoms with Gasteiger partial charge < -0.3 is 9.08 Å². The maximum absolute atomic E-state index is 14.1. The van der Waals surface area contributed by atoms with Gasteiger partial charge in [0.15, 0.2) is 11.6 Å². The molecule has 0 N–H and O–H groups in total. The van der Waals surface area contributed by atoms with Crippen LogP contribution in [0.4, 0.5) is 0 Å². The summed E-state index contributed by atoms with van der Waals surface area (Å²) in [5, 5.41) is 0. The van der Waals surface area contributed by atoms with Gasteiger partial charge >= 0.3 is 10.1 Å². The van der Waals surface area contributed by atoms with Gasteiger partial charge in [0.25, 0.3) is 0 Å². The highest BCUT2D eigenvalue weighted by atomic mass is 32.2. The van der Waals surface area contributed by atoms with Crippen LogP contribution < -0.4 is 4.18 Å². The van der Waals surface area contributed by atoms with E-state index in [1.54, 1.807) is 36.4 Å². The topological polar surface area (TPSA) is 80.8 Å². The molecular formula is C37H39NO5S. The number of rotatable bonds is 7. The Hall–Kier alpha value is -3.97. The second-order valence-corrected chi connectivity index (χ2v) is 15.4. The number of hydrogen-bond donors (Lipinski definition) is 0. The lowest BCUT2D eigenvalue weighted by atomic mass is 9.63. The molecule has 2 aliphatic carbocycles. The van der Waals surface area contributed by atoms with E-state index in [-0.39, 0.29) is 33.0 Å². The van der Waals surface area contributed by atoms with Gasteiger partial charge in [-0.1, -0.05) is 88.4 Å². The standard InChI is InChI=1S/C37H39NO5S/c1-36(2)21-29-34(31(39)23-36)33(26-14-11-15-27(20-26)43-44(41,42)28-16-9-6-10-17-28)35-30(22-37(3,4)24-32(35)40)38(29)19-18-25-12-7-5-8-13-25/h5-17,20,33H,18-19,21-24H2,1-4H3. The van der Waals surface area contributed by atoms with Gasteiger partial charge in [0.05, 0.1) is 0 Å². The number of nitrogens with zero attached hydrogens (tertiary/aromatic N) is 1. The third-order valence-corrected chi connectivity index (χ3v) is 10.2. The third kappa shape index (κ3) is 5.90. The van der Waals surface area contributed by atoms with Crippen molar-refractivity contribution in [3.05, 3.63) is 119 Å². The molecule has 0 spiro atoms. The number of allylic oxidation sites excluding steroid dienone is 4. The molecule has 44 heavy (non-hydrogen) atoms. The van der Waals surface area contributed by atoms with E-state index in [4.69, 9.17) is 4.18 Å². The van der Waals surface area contributed by atoms with Crippen LogP contribution in [0.2, 0.25) is 0 Å². The second-order valence-electron chi connectivity index (χ2n) is 13.8. The van der Waals surface area contributed by atoms with Gasteiger partial charge in [-0.15, -0.1) is 0 Å². The monoisotopic (exact) mass is 609 g/mol. The first-order valence-electron chi connectivity index (χ1n) is 15.3. The van der Waals surface area contributed by atoms with Crippen molar-refractivity contribution in [3.8, 4) is 5.75 Å². The number of hydrogen-bond acceptors (Lipinski definition) is 6. The summed E-state index contributed by atoms with van der Waals surface area (Å²) in [7, 11) is -4.07. The molecule has 0 bridgehead atoms. The molecule has 7 heteroatoms. The lowest BCUT2D eigenvalue weighted by Crippen LogP contribution is -2.45. The molecule has 0 amide bonds. The number of carbonyl (C=O) groups excluding carboxylic acids is 2. The summed E-state index contributed by atoms with van der Waals surface area (Å²) >= 11 is 0. The zero-order chi connectivity index (χ0) is 31.3. The van der Waals surface area contributed by atoms with E-state index < -0.39 is 16.0 Å². The fraction of sp³-hybridized carbons (Fsp3) is 0.351. The molecule has 3 aliphatic rings. The average molecular weight is 610 g/mol. The molecule has 0 saturated carbocycles. The Morgan fingerprint density at radius 2 is 1.27 bits per heavy atom. The Balaban J connectivity index is 1.48. The van der Waals surface area contributed by atoms with Crippen LogP contribution in [0.3, 0.4) is 0 Å². The lowest BCUT2D eigenvalue weighted by Gasteiger charge is -2.49. The van der Waals surface area contributed by atoms with E-state index in [1.165, 1.54) is 17.7 Å². The molecule has 1 heterocycles. The van der Waals surface area contributed by atoms with Crippen molar-refractivity contribution >= 4 is 21.7 Å². The third-order valence-electron chi connectivity index (χ3n) is 8.92. The maximum Gasteiger partial charge on any atom is 0.339 e. The van der Waals surface area contributed by atoms with Gasteiger partial charge in [-0.25, -0.2) is 0 Å². The highest BCUT2D eigenvalue weighted by Gasteiger charge is 2.49. The van der Waals surface area contributed by atoms with E-state index in [0.717, 1.165) is 17.8 Å². The summed E-state index contributed by atoms with van der Waals surface area (Å²) < 4.78 is 31.7. The maximum atomic E-state index is 14.1. The highest BCUT2D eigenvalue weighted by Crippen LogP contribution is 2.54. The molecule has 6 nitrogen and oxygen atoms in total. The minimum atomic E-state index is -4.07. The summed E-state index contributed by atoms with van der Waals surface area (Å²) in [6.45, 7) is 9.17. The SMILES string of the molecule is CC1(C)CC(=O)C2=C(C1)N(CCc1ccccc1)C1=C(C(=O)CC(C)(C)C1)C2c1cccc(OS(=O)(=O)c2ccccc2)c1. The van der Waals surface area contributed by atoms with Crippen molar-refractivity contribution in [3.63, 3.8) is 0 Å². The van der Waals surface area contributed by atoms with Crippen LogP contribution in [0.1, 0.15) is 70.4 Å². The lowest BCUT2D eigenvalue weighted by molar-refractivity contribution is -0.119. The molecule has 6 rings (SSSR count). The molecule has 0 radical (unpaired) electrons. The molecule has 0 unspecified atom stereocenters. The Morgan fingerprint density at radius 3 is 1.84 bits per heavy atom. The van der Waals surface area contributed by atoms with Gasteiger partial charge in [0.2, 0.25) is 0 Å². The highest BCUT2D eigenvalue weighted by molar-refractivity contribution is 7.87. The molecule has 1 aliphatic heterocycles.